The third-order valence-corrected chi connectivity index (χ3v) is 3.98. The molecule has 1 unspecified atom stereocenters. The van der Waals surface area contributed by atoms with Crippen molar-refractivity contribution in [3.8, 4) is 0 Å². The second kappa shape index (κ2) is 5.96. The molecule has 17 heavy (non-hydrogen) atoms. The van der Waals surface area contributed by atoms with Crippen molar-refractivity contribution < 1.29 is 0 Å². The summed E-state index contributed by atoms with van der Waals surface area (Å²) in [6, 6.07) is 12.8. The van der Waals surface area contributed by atoms with Crippen molar-refractivity contribution in [2.45, 2.75) is 19.5 Å². The molecular formula is C14H18N2S. The predicted octanol–water partition coefficient (Wildman–Crippen LogP) is 2.85. The maximum atomic E-state index is 5.84. The zero-order valence-corrected chi connectivity index (χ0v) is 10.8. The van der Waals surface area contributed by atoms with Gasteiger partial charge in [-0.05, 0) is 29.5 Å². The van der Waals surface area contributed by atoms with E-state index in [9.17, 15) is 0 Å². The first-order chi connectivity index (χ1) is 8.31. The van der Waals surface area contributed by atoms with Crippen molar-refractivity contribution in [1.82, 2.24) is 5.32 Å². The molecule has 0 fully saturated rings. The fraction of sp³-hybridized carbons (Fsp3) is 0.286. The Bertz CT molecular complexity index is 450. The van der Waals surface area contributed by atoms with Gasteiger partial charge in [0, 0.05) is 18.0 Å². The van der Waals surface area contributed by atoms with Gasteiger partial charge in [0.05, 0.1) is 6.04 Å². The summed E-state index contributed by atoms with van der Waals surface area (Å²) >= 11 is 1.77. The van der Waals surface area contributed by atoms with Gasteiger partial charge in [-0.3, -0.25) is 0 Å². The molecule has 90 valence electrons. The van der Waals surface area contributed by atoms with E-state index in [1.54, 1.807) is 11.3 Å². The van der Waals surface area contributed by atoms with E-state index in [2.05, 4.69) is 48.0 Å². The van der Waals surface area contributed by atoms with Gasteiger partial charge >= 0.3 is 0 Å². The molecule has 0 radical (unpaired) electrons. The summed E-state index contributed by atoms with van der Waals surface area (Å²) in [5, 5.41) is 5.64. The molecule has 0 bridgehead atoms. The van der Waals surface area contributed by atoms with Crippen molar-refractivity contribution in [2.24, 2.45) is 5.73 Å². The average molecular weight is 246 g/mol. The van der Waals surface area contributed by atoms with Crippen LogP contribution in [0.5, 0.6) is 0 Å². The SMILES string of the molecule is Cc1ccsc1C(CN)NCc1ccccc1. The summed E-state index contributed by atoms with van der Waals surface area (Å²) < 4.78 is 0. The van der Waals surface area contributed by atoms with E-state index in [-0.39, 0.29) is 6.04 Å². The topological polar surface area (TPSA) is 38.0 Å². The molecule has 2 nitrogen and oxygen atoms in total. The molecule has 1 aromatic carbocycles. The molecule has 1 atom stereocenters. The van der Waals surface area contributed by atoms with Crippen LogP contribution in [0.4, 0.5) is 0 Å². The van der Waals surface area contributed by atoms with Crippen LogP contribution in [0, 0.1) is 6.92 Å². The molecule has 0 saturated carbocycles. The van der Waals surface area contributed by atoms with Crippen LogP contribution in [0.2, 0.25) is 0 Å². The van der Waals surface area contributed by atoms with Crippen LogP contribution in [-0.4, -0.2) is 6.54 Å². The molecular weight excluding hydrogens is 228 g/mol. The Morgan fingerprint density at radius 2 is 2.00 bits per heavy atom. The van der Waals surface area contributed by atoms with Gasteiger partial charge < -0.3 is 11.1 Å². The first-order valence-electron chi connectivity index (χ1n) is 5.82. The quantitative estimate of drug-likeness (QED) is 0.851. The molecule has 0 aliphatic carbocycles. The zero-order chi connectivity index (χ0) is 12.1. The molecule has 1 aromatic heterocycles. The minimum absolute atomic E-state index is 0.259. The minimum Gasteiger partial charge on any atom is -0.329 e. The van der Waals surface area contributed by atoms with E-state index in [4.69, 9.17) is 5.73 Å². The van der Waals surface area contributed by atoms with Crippen LogP contribution in [0.3, 0.4) is 0 Å². The summed E-state index contributed by atoms with van der Waals surface area (Å²) in [6.45, 7) is 3.63. The molecule has 0 amide bonds. The third kappa shape index (κ3) is 3.16. The lowest BCUT2D eigenvalue weighted by molar-refractivity contribution is 0.547. The molecule has 0 saturated heterocycles. The number of aryl methyl sites for hydroxylation is 1. The summed E-state index contributed by atoms with van der Waals surface area (Å²) in [4.78, 5) is 1.35. The number of hydrogen-bond acceptors (Lipinski definition) is 3. The summed E-state index contributed by atoms with van der Waals surface area (Å²) in [5.74, 6) is 0. The first-order valence-corrected chi connectivity index (χ1v) is 6.70. The Morgan fingerprint density at radius 1 is 1.24 bits per heavy atom. The molecule has 3 heteroatoms. The van der Waals surface area contributed by atoms with E-state index in [1.807, 2.05) is 6.07 Å². The van der Waals surface area contributed by atoms with Gasteiger partial charge in [-0.15, -0.1) is 11.3 Å². The van der Waals surface area contributed by atoms with E-state index in [0.29, 0.717) is 6.54 Å². The van der Waals surface area contributed by atoms with Crippen molar-refractivity contribution in [1.29, 1.82) is 0 Å². The molecule has 0 aliphatic rings. The van der Waals surface area contributed by atoms with Gasteiger partial charge in [-0.25, -0.2) is 0 Å². The highest BCUT2D eigenvalue weighted by Crippen LogP contribution is 2.23. The standard InChI is InChI=1S/C14H18N2S/c1-11-7-8-17-14(11)13(9-15)16-10-12-5-3-2-4-6-12/h2-8,13,16H,9-10,15H2,1H3. The van der Waals surface area contributed by atoms with Crippen molar-refractivity contribution in [3.63, 3.8) is 0 Å². The molecule has 3 N–H and O–H groups in total. The van der Waals surface area contributed by atoms with Gasteiger partial charge in [-0.2, -0.15) is 0 Å². The predicted molar refractivity (Wildman–Crippen MR) is 74.1 cm³/mol. The van der Waals surface area contributed by atoms with Crippen LogP contribution in [0.25, 0.3) is 0 Å². The van der Waals surface area contributed by atoms with Gasteiger partial charge in [0.15, 0.2) is 0 Å². The lowest BCUT2D eigenvalue weighted by Gasteiger charge is -2.16. The average Bonchev–Trinajstić information content (AvgIpc) is 2.78. The fourth-order valence-corrected chi connectivity index (χ4v) is 2.88. The molecule has 1 heterocycles. The van der Waals surface area contributed by atoms with Crippen LogP contribution in [0.15, 0.2) is 41.8 Å². The lowest BCUT2D eigenvalue weighted by Crippen LogP contribution is -2.27. The van der Waals surface area contributed by atoms with Crippen molar-refractivity contribution >= 4 is 11.3 Å². The largest absolute Gasteiger partial charge is 0.329 e. The van der Waals surface area contributed by atoms with E-state index >= 15 is 0 Å². The van der Waals surface area contributed by atoms with Gasteiger partial charge in [-0.1, -0.05) is 30.3 Å². The van der Waals surface area contributed by atoms with Gasteiger partial charge in [0.2, 0.25) is 0 Å². The highest BCUT2D eigenvalue weighted by atomic mass is 32.1. The lowest BCUT2D eigenvalue weighted by atomic mass is 10.1. The minimum atomic E-state index is 0.259. The molecule has 2 rings (SSSR count). The Balaban J connectivity index is 2.00. The van der Waals surface area contributed by atoms with E-state index in [1.165, 1.54) is 16.0 Å². The second-order valence-corrected chi connectivity index (χ2v) is 5.07. The zero-order valence-electron chi connectivity index (χ0n) is 10.0. The number of benzene rings is 1. The molecule has 0 spiro atoms. The summed E-state index contributed by atoms with van der Waals surface area (Å²) in [7, 11) is 0. The Morgan fingerprint density at radius 3 is 2.59 bits per heavy atom. The summed E-state index contributed by atoms with van der Waals surface area (Å²) in [5.41, 5.74) is 8.46. The van der Waals surface area contributed by atoms with E-state index in [0.717, 1.165) is 6.54 Å². The Kier molecular flexibility index (Phi) is 4.31. The van der Waals surface area contributed by atoms with Crippen LogP contribution >= 0.6 is 11.3 Å². The van der Waals surface area contributed by atoms with Crippen molar-refractivity contribution in [2.75, 3.05) is 6.54 Å². The molecule has 0 aliphatic heterocycles. The highest BCUT2D eigenvalue weighted by Gasteiger charge is 2.12. The van der Waals surface area contributed by atoms with Crippen LogP contribution in [-0.2, 0) is 6.54 Å². The molecule has 2 aromatic rings. The first kappa shape index (κ1) is 12.3. The number of nitrogens with two attached hydrogens (primary N) is 1. The summed E-state index contributed by atoms with van der Waals surface area (Å²) in [6.07, 6.45) is 0. The Labute approximate surface area is 106 Å². The van der Waals surface area contributed by atoms with Crippen molar-refractivity contribution in [3.05, 3.63) is 57.8 Å². The maximum Gasteiger partial charge on any atom is 0.0544 e. The normalized spacial score (nSPS) is 12.6. The highest BCUT2D eigenvalue weighted by molar-refractivity contribution is 7.10. The monoisotopic (exact) mass is 246 g/mol. The number of thiophene rings is 1. The number of nitrogens with one attached hydrogen (secondary N) is 1. The van der Waals surface area contributed by atoms with Crippen LogP contribution < -0.4 is 11.1 Å². The van der Waals surface area contributed by atoms with Gasteiger partial charge in [0.1, 0.15) is 0 Å². The Hall–Kier alpha value is -1.16. The third-order valence-electron chi connectivity index (χ3n) is 2.85. The maximum absolute atomic E-state index is 5.84. The van der Waals surface area contributed by atoms with E-state index < -0.39 is 0 Å². The number of hydrogen-bond donors (Lipinski definition) is 2. The second-order valence-electron chi connectivity index (χ2n) is 4.12. The fourth-order valence-electron chi connectivity index (χ4n) is 1.86. The number of rotatable bonds is 5. The smallest absolute Gasteiger partial charge is 0.0544 e. The van der Waals surface area contributed by atoms with Gasteiger partial charge in [0.25, 0.3) is 0 Å². The van der Waals surface area contributed by atoms with Crippen LogP contribution in [0.1, 0.15) is 22.0 Å².